The molecule has 2 fully saturated rings. The topological polar surface area (TPSA) is 35.2 Å². The number of nitrogens with two attached hydrogens (primary N) is 1. The van der Waals surface area contributed by atoms with Gasteiger partial charge in [-0.3, -0.25) is 9.62 Å². The van der Waals surface area contributed by atoms with Gasteiger partial charge in [0.05, 0.1) is 23.6 Å². The molecule has 3 aliphatic rings. The molecule has 2 aliphatic carbocycles. The van der Waals surface area contributed by atoms with E-state index < -0.39 is 0 Å². The summed E-state index contributed by atoms with van der Waals surface area (Å²) in [5.74, 6) is 1.01. The van der Waals surface area contributed by atoms with Crippen LogP contribution in [0.2, 0.25) is 0 Å². The SMILES string of the molecule is CCOc1ccc2c(c1)SC(SN)[N+]2(C1CCCCC1)C1CCCCC1. The highest BCUT2D eigenvalue weighted by Crippen LogP contribution is 2.58. The lowest BCUT2D eigenvalue weighted by atomic mass is 9.85. The highest BCUT2D eigenvalue weighted by atomic mass is 32.2. The largest absolute Gasteiger partial charge is 0.494 e. The number of hydrogen-bond acceptors (Lipinski definition) is 4. The van der Waals surface area contributed by atoms with Crippen molar-refractivity contribution in [2.45, 2.75) is 92.8 Å². The van der Waals surface area contributed by atoms with E-state index >= 15 is 0 Å². The van der Waals surface area contributed by atoms with E-state index in [1.54, 1.807) is 17.6 Å². The highest BCUT2D eigenvalue weighted by molar-refractivity contribution is 8.16. The maximum Gasteiger partial charge on any atom is 0.206 e. The molecule has 0 amide bonds. The Bertz CT molecular complexity index is 594. The molecule has 3 nitrogen and oxygen atoms in total. The zero-order chi connectivity index (χ0) is 18.0. The first-order valence-electron chi connectivity index (χ1n) is 10.5. The van der Waals surface area contributed by atoms with Crippen molar-refractivity contribution in [3.05, 3.63) is 18.2 Å². The van der Waals surface area contributed by atoms with Crippen molar-refractivity contribution in [3.63, 3.8) is 0 Å². The minimum absolute atomic E-state index is 0.396. The van der Waals surface area contributed by atoms with Crippen molar-refractivity contribution in [1.82, 2.24) is 4.48 Å². The van der Waals surface area contributed by atoms with Crippen LogP contribution in [0.5, 0.6) is 5.75 Å². The molecule has 0 aromatic heterocycles. The molecule has 2 saturated carbocycles. The predicted octanol–water partition coefficient (Wildman–Crippen LogP) is 6.05. The molecule has 1 aromatic rings. The van der Waals surface area contributed by atoms with Crippen LogP contribution in [0.4, 0.5) is 5.69 Å². The predicted molar refractivity (Wildman–Crippen MR) is 115 cm³/mol. The van der Waals surface area contributed by atoms with Gasteiger partial charge >= 0.3 is 0 Å². The van der Waals surface area contributed by atoms with Gasteiger partial charge in [-0.15, -0.1) is 0 Å². The van der Waals surface area contributed by atoms with Gasteiger partial charge in [0.25, 0.3) is 0 Å². The molecule has 0 bridgehead atoms. The smallest absolute Gasteiger partial charge is 0.206 e. The average molecular weight is 394 g/mol. The Kier molecular flexibility index (Phi) is 6.09. The number of quaternary nitrogens is 1. The van der Waals surface area contributed by atoms with Crippen LogP contribution in [0.3, 0.4) is 0 Å². The monoisotopic (exact) mass is 393 g/mol. The first-order chi connectivity index (χ1) is 12.8. The molecular weight excluding hydrogens is 360 g/mol. The Morgan fingerprint density at radius 3 is 2.19 bits per heavy atom. The van der Waals surface area contributed by atoms with Crippen LogP contribution in [0.1, 0.15) is 71.1 Å². The van der Waals surface area contributed by atoms with Gasteiger partial charge < -0.3 is 4.74 Å². The fourth-order valence-corrected chi connectivity index (χ4v) is 8.23. The van der Waals surface area contributed by atoms with E-state index in [0.29, 0.717) is 4.71 Å². The van der Waals surface area contributed by atoms with Crippen LogP contribution in [0, 0.1) is 0 Å². The molecule has 2 N–H and O–H groups in total. The van der Waals surface area contributed by atoms with Gasteiger partial charge in [-0.1, -0.05) is 12.8 Å². The van der Waals surface area contributed by atoms with E-state index in [2.05, 4.69) is 25.1 Å². The highest BCUT2D eigenvalue weighted by Gasteiger charge is 2.57. The number of fused-ring (bicyclic) bond motifs is 1. The van der Waals surface area contributed by atoms with E-state index in [4.69, 9.17) is 9.88 Å². The van der Waals surface area contributed by atoms with Crippen LogP contribution in [0.25, 0.3) is 0 Å². The summed E-state index contributed by atoms with van der Waals surface area (Å²) >= 11 is 3.60. The van der Waals surface area contributed by atoms with Crippen LogP contribution >= 0.6 is 23.7 Å². The molecule has 1 aromatic carbocycles. The van der Waals surface area contributed by atoms with Gasteiger partial charge in [-0.25, -0.2) is 0 Å². The minimum Gasteiger partial charge on any atom is -0.494 e. The lowest BCUT2D eigenvalue weighted by molar-refractivity contribution is 0.0997. The standard InChI is InChI=1S/C21H33N2OS2/c1-2-24-18-13-14-19-20(15-18)25-21(26-22)23(19,16-9-5-3-6-10-16)17-11-7-4-8-12-17/h13-17,21H,2-12,22H2,1H3/q+1. The van der Waals surface area contributed by atoms with E-state index in [9.17, 15) is 0 Å². The summed E-state index contributed by atoms with van der Waals surface area (Å²) in [6, 6.07) is 8.33. The molecule has 144 valence electrons. The van der Waals surface area contributed by atoms with E-state index in [0.717, 1.165) is 28.9 Å². The molecule has 1 unspecified atom stereocenters. The van der Waals surface area contributed by atoms with Gasteiger partial charge in [-0.05, 0) is 94.1 Å². The van der Waals surface area contributed by atoms with E-state index in [-0.39, 0.29) is 0 Å². The Balaban J connectivity index is 1.80. The van der Waals surface area contributed by atoms with Crippen LogP contribution in [-0.4, -0.2) is 23.4 Å². The fraction of sp³-hybridized carbons (Fsp3) is 0.714. The van der Waals surface area contributed by atoms with Crippen molar-refractivity contribution in [2.24, 2.45) is 5.14 Å². The summed E-state index contributed by atoms with van der Waals surface area (Å²) in [6.45, 7) is 2.78. The second kappa shape index (κ2) is 8.34. The maximum absolute atomic E-state index is 6.35. The number of benzene rings is 1. The van der Waals surface area contributed by atoms with Gasteiger partial charge in [0.1, 0.15) is 11.4 Å². The first-order valence-corrected chi connectivity index (χ1v) is 12.3. The normalized spacial score (nSPS) is 26.6. The summed E-state index contributed by atoms with van der Waals surface area (Å²) in [5.41, 5.74) is 1.54. The van der Waals surface area contributed by atoms with Crippen molar-refractivity contribution in [1.29, 1.82) is 0 Å². The van der Waals surface area contributed by atoms with Crippen LogP contribution in [-0.2, 0) is 0 Å². The zero-order valence-electron chi connectivity index (χ0n) is 16.0. The van der Waals surface area contributed by atoms with Crippen molar-refractivity contribution in [2.75, 3.05) is 6.61 Å². The van der Waals surface area contributed by atoms with Crippen LogP contribution < -0.4 is 14.4 Å². The first kappa shape index (κ1) is 19.0. The number of hydrogen-bond donors (Lipinski definition) is 1. The number of thioether (sulfide) groups is 1. The molecule has 0 radical (unpaired) electrons. The molecule has 5 heteroatoms. The fourth-order valence-electron chi connectivity index (χ4n) is 5.66. The third-order valence-electron chi connectivity index (χ3n) is 6.71. The summed E-state index contributed by atoms with van der Waals surface area (Å²) in [4.78, 5) is 1.41. The summed E-state index contributed by atoms with van der Waals surface area (Å²) in [7, 11) is 0. The van der Waals surface area contributed by atoms with Crippen LogP contribution in [0.15, 0.2) is 23.1 Å². The summed E-state index contributed by atoms with van der Waals surface area (Å²) in [5, 5.41) is 6.35. The third-order valence-corrected chi connectivity index (χ3v) is 9.05. The third kappa shape index (κ3) is 3.19. The van der Waals surface area contributed by atoms with Gasteiger partial charge in [0.15, 0.2) is 0 Å². The zero-order valence-corrected chi connectivity index (χ0v) is 17.6. The second-order valence-electron chi connectivity index (χ2n) is 8.04. The number of ether oxygens (including phenoxy) is 1. The number of rotatable bonds is 5. The molecule has 26 heavy (non-hydrogen) atoms. The number of nitrogens with zero attached hydrogens (tertiary/aromatic N) is 1. The average Bonchev–Trinajstić information content (AvgIpc) is 3.04. The molecular formula is C21H33N2OS2+. The van der Waals surface area contributed by atoms with E-state index in [1.807, 2.05) is 11.8 Å². The molecule has 4 rings (SSSR count). The Labute approximate surface area is 167 Å². The van der Waals surface area contributed by atoms with Gasteiger partial charge in [-0.2, -0.15) is 0 Å². The molecule has 1 heterocycles. The lowest BCUT2D eigenvalue weighted by Gasteiger charge is -2.52. The molecule has 0 spiro atoms. The Morgan fingerprint density at radius 2 is 1.65 bits per heavy atom. The lowest BCUT2D eigenvalue weighted by Crippen LogP contribution is -2.66. The Morgan fingerprint density at radius 1 is 1.04 bits per heavy atom. The van der Waals surface area contributed by atoms with Crippen molar-refractivity contribution in [3.8, 4) is 5.75 Å². The summed E-state index contributed by atoms with van der Waals surface area (Å²) in [6.07, 6.45) is 13.8. The van der Waals surface area contributed by atoms with Crippen molar-refractivity contribution >= 4 is 29.4 Å². The van der Waals surface area contributed by atoms with Gasteiger partial charge in [0, 0.05) is 6.07 Å². The quantitative estimate of drug-likeness (QED) is 0.487. The van der Waals surface area contributed by atoms with E-state index in [1.165, 1.54) is 69.1 Å². The summed E-state index contributed by atoms with van der Waals surface area (Å²) < 4.78 is 7.34. The van der Waals surface area contributed by atoms with Gasteiger partial charge in [0.2, 0.25) is 4.71 Å². The maximum atomic E-state index is 6.35. The minimum atomic E-state index is 0.396. The molecule has 1 aliphatic heterocycles. The molecule has 0 saturated heterocycles. The second-order valence-corrected chi connectivity index (χ2v) is 10.2. The molecule has 1 atom stereocenters. The van der Waals surface area contributed by atoms with Crippen molar-refractivity contribution < 1.29 is 4.74 Å². The Hall–Kier alpha value is -0.360.